The van der Waals surface area contributed by atoms with Gasteiger partial charge < -0.3 is 14.6 Å². The van der Waals surface area contributed by atoms with E-state index in [0.717, 1.165) is 25.1 Å². The van der Waals surface area contributed by atoms with Crippen LogP contribution in [0.1, 0.15) is 22.6 Å². The van der Waals surface area contributed by atoms with Crippen LogP contribution in [0.25, 0.3) is 0 Å². The van der Waals surface area contributed by atoms with Gasteiger partial charge in [0.2, 0.25) is 0 Å². The normalized spacial score (nSPS) is 20.3. The van der Waals surface area contributed by atoms with Crippen LogP contribution in [0.3, 0.4) is 0 Å². The van der Waals surface area contributed by atoms with Crippen LogP contribution in [0.2, 0.25) is 0 Å². The summed E-state index contributed by atoms with van der Waals surface area (Å²) in [6.45, 7) is 0.860. The molecule has 0 bridgehead atoms. The molecule has 0 saturated carbocycles. The molecule has 5 heteroatoms. The maximum Gasteiger partial charge on any atom is 0.356 e. The number of carboxylic acids is 1. The van der Waals surface area contributed by atoms with Crippen molar-refractivity contribution in [2.24, 2.45) is 0 Å². The van der Waals surface area contributed by atoms with Gasteiger partial charge in [0, 0.05) is 19.0 Å². The van der Waals surface area contributed by atoms with Gasteiger partial charge in [-0.1, -0.05) is 0 Å². The van der Waals surface area contributed by atoms with E-state index in [9.17, 15) is 4.79 Å². The monoisotopic (exact) mass is 209 g/mol. The summed E-state index contributed by atoms with van der Waals surface area (Å²) in [6.07, 6.45) is 3.45. The number of hydrogen-bond donors (Lipinski definition) is 1. The summed E-state index contributed by atoms with van der Waals surface area (Å²) < 4.78 is 1.95. The van der Waals surface area contributed by atoms with Gasteiger partial charge in [-0.05, 0) is 20.5 Å². The molecule has 1 N–H and O–H groups in total. The Bertz CT molecular complexity index is 384. The van der Waals surface area contributed by atoms with Crippen LogP contribution in [-0.4, -0.2) is 45.7 Å². The van der Waals surface area contributed by atoms with Gasteiger partial charge in [-0.15, -0.1) is 0 Å². The van der Waals surface area contributed by atoms with Crippen LogP contribution < -0.4 is 0 Å². The average molecular weight is 209 g/mol. The van der Waals surface area contributed by atoms with Crippen molar-refractivity contribution in [1.82, 2.24) is 14.5 Å². The van der Waals surface area contributed by atoms with Crippen LogP contribution in [0.15, 0.2) is 6.33 Å². The molecule has 0 radical (unpaired) electrons. The van der Waals surface area contributed by atoms with Crippen LogP contribution in [0.4, 0.5) is 0 Å². The highest BCUT2D eigenvalue weighted by molar-refractivity contribution is 5.86. The van der Waals surface area contributed by atoms with Gasteiger partial charge >= 0.3 is 5.97 Å². The van der Waals surface area contributed by atoms with Crippen LogP contribution in [0.5, 0.6) is 0 Å². The Morgan fingerprint density at radius 2 is 2.40 bits per heavy atom. The van der Waals surface area contributed by atoms with Crippen molar-refractivity contribution in [3.05, 3.63) is 17.7 Å². The molecule has 2 rings (SSSR count). The Kier molecular flexibility index (Phi) is 2.48. The quantitative estimate of drug-likeness (QED) is 0.768. The molecular formula is C10H15N3O2. The SMILES string of the molecule is CN(C)C1CCn2cnc(C(=O)O)c2C1. The first-order valence-electron chi connectivity index (χ1n) is 5.03. The molecule has 0 saturated heterocycles. The van der Waals surface area contributed by atoms with Crippen molar-refractivity contribution >= 4 is 5.97 Å². The van der Waals surface area contributed by atoms with Gasteiger partial charge in [0.1, 0.15) is 0 Å². The van der Waals surface area contributed by atoms with Crippen LogP contribution in [0, 0.1) is 0 Å². The van der Waals surface area contributed by atoms with Crippen molar-refractivity contribution < 1.29 is 9.90 Å². The average Bonchev–Trinajstić information content (AvgIpc) is 2.59. The lowest BCUT2D eigenvalue weighted by Crippen LogP contribution is -2.35. The van der Waals surface area contributed by atoms with Crippen molar-refractivity contribution in [3.63, 3.8) is 0 Å². The maximum absolute atomic E-state index is 10.9. The highest BCUT2D eigenvalue weighted by atomic mass is 16.4. The number of likely N-dealkylation sites (N-methyl/N-ethyl adjacent to an activating group) is 1. The second-order valence-electron chi connectivity index (χ2n) is 4.15. The van der Waals surface area contributed by atoms with E-state index in [2.05, 4.69) is 9.88 Å². The fraction of sp³-hybridized carbons (Fsp3) is 0.600. The summed E-state index contributed by atoms with van der Waals surface area (Å²) in [4.78, 5) is 17.0. The van der Waals surface area contributed by atoms with Gasteiger partial charge in [0.15, 0.2) is 5.69 Å². The number of aryl methyl sites for hydroxylation is 1. The molecule has 2 heterocycles. The highest BCUT2D eigenvalue weighted by Crippen LogP contribution is 2.20. The Hall–Kier alpha value is -1.36. The van der Waals surface area contributed by atoms with E-state index in [-0.39, 0.29) is 5.69 Å². The number of rotatable bonds is 2. The van der Waals surface area contributed by atoms with Gasteiger partial charge in [-0.25, -0.2) is 9.78 Å². The van der Waals surface area contributed by atoms with Crippen molar-refractivity contribution in [1.29, 1.82) is 0 Å². The molecule has 1 aliphatic rings. The van der Waals surface area contributed by atoms with Crippen molar-refractivity contribution in [2.75, 3.05) is 14.1 Å². The number of aromatic carboxylic acids is 1. The Morgan fingerprint density at radius 3 is 3.00 bits per heavy atom. The van der Waals surface area contributed by atoms with Crippen LogP contribution >= 0.6 is 0 Å². The third-order valence-electron chi connectivity index (χ3n) is 3.01. The van der Waals surface area contributed by atoms with E-state index >= 15 is 0 Å². The lowest BCUT2D eigenvalue weighted by Gasteiger charge is -2.29. The third-order valence-corrected chi connectivity index (χ3v) is 3.01. The number of nitrogens with zero attached hydrogens (tertiary/aromatic N) is 3. The number of imidazole rings is 1. The zero-order valence-electron chi connectivity index (χ0n) is 8.97. The second-order valence-corrected chi connectivity index (χ2v) is 4.15. The number of aromatic nitrogens is 2. The summed E-state index contributed by atoms with van der Waals surface area (Å²) >= 11 is 0. The number of carboxylic acid groups (broad SMARTS) is 1. The van der Waals surface area contributed by atoms with E-state index in [0.29, 0.717) is 6.04 Å². The minimum absolute atomic E-state index is 0.210. The standard InChI is InChI=1S/C10H15N3O2/c1-12(2)7-3-4-13-6-11-9(10(14)15)8(13)5-7/h6-7H,3-5H2,1-2H3,(H,14,15). The minimum atomic E-state index is -0.928. The summed E-state index contributed by atoms with van der Waals surface area (Å²) in [5, 5.41) is 8.97. The van der Waals surface area contributed by atoms with E-state index < -0.39 is 5.97 Å². The Labute approximate surface area is 88.3 Å². The Morgan fingerprint density at radius 1 is 1.67 bits per heavy atom. The smallest absolute Gasteiger partial charge is 0.356 e. The molecule has 1 aromatic heterocycles. The van der Waals surface area contributed by atoms with Crippen molar-refractivity contribution in [3.8, 4) is 0 Å². The molecule has 0 fully saturated rings. The summed E-state index contributed by atoms with van der Waals surface area (Å²) in [5.74, 6) is -0.928. The first kappa shape index (κ1) is 10.2. The molecule has 1 unspecified atom stereocenters. The molecular weight excluding hydrogens is 194 g/mol. The fourth-order valence-electron chi connectivity index (χ4n) is 2.05. The van der Waals surface area contributed by atoms with Gasteiger partial charge in [-0.3, -0.25) is 0 Å². The Balaban J connectivity index is 2.30. The number of hydrogen-bond acceptors (Lipinski definition) is 3. The molecule has 1 aliphatic heterocycles. The summed E-state index contributed by atoms with van der Waals surface area (Å²) in [6, 6.07) is 0.423. The van der Waals surface area contributed by atoms with Gasteiger partial charge in [-0.2, -0.15) is 0 Å². The molecule has 1 atom stereocenters. The van der Waals surface area contributed by atoms with Crippen molar-refractivity contribution in [2.45, 2.75) is 25.4 Å². The van der Waals surface area contributed by atoms with E-state index in [1.54, 1.807) is 6.33 Å². The molecule has 15 heavy (non-hydrogen) atoms. The lowest BCUT2D eigenvalue weighted by atomic mass is 10.0. The highest BCUT2D eigenvalue weighted by Gasteiger charge is 2.25. The number of carbonyl (C=O) groups is 1. The largest absolute Gasteiger partial charge is 0.476 e. The van der Waals surface area contributed by atoms with E-state index in [1.807, 2.05) is 18.7 Å². The zero-order chi connectivity index (χ0) is 11.0. The summed E-state index contributed by atoms with van der Waals surface area (Å²) in [5.41, 5.74) is 1.06. The first-order chi connectivity index (χ1) is 7.09. The van der Waals surface area contributed by atoms with Gasteiger partial charge in [0.25, 0.3) is 0 Å². The number of fused-ring (bicyclic) bond motifs is 1. The second kappa shape index (κ2) is 3.66. The molecule has 1 aromatic rings. The van der Waals surface area contributed by atoms with E-state index in [1.165, 1.54) is 0 Å². The molecule has 0 aliphatic carbocycles. The first-order valence-corrected chi connectivity index (χ1v) is 5.03. The third kappa shape index (κ3) is 1.74. The predicted octanol–water partition coefficient (Wildman–Crippen LogP) is 0.458. The molecule has 0 amide bonds. The zero-order valence-corrected chi connectivity index (χ0v) is 8.97. The molecule has 0 spiro atoms. The fourth-order valence-corrected chi connectivity index (χ4v) is 2.05. The topological polar surface area (TPSA) is 58.4 Å². The van der Waals surface area contributed by atoms with E-state index in [4.69, 9.17) is 5.11 Å². The summed E-state index contributed by atoms with van der Waals surface area (Å²) in [7, 11) is 4.05. The minimum Gasteiger partial charge on any atom is -0.476 e. The predicted molar refractivity (Wildman–Crippen MR) is 55.0 cm³/mol. The molecule has 82 valence electrons. The van der Waals surface area contributed by atoms with Gasteiger partial charge in [0.05, 0.1) is 12.0 Å². The lowest BCUT2D eigenvalue weighted by molar-refractivity contribution is 0.0688. The maximum atomic E-state index is 10.9. The molecule has 5 nitrogen and oxygen atoms in total. The van der Waals surface area contributed by atoms with Crippen LogP contribution in [-0.2, 0) is 13.0 Å². The molecule has 0 aromatic carbocycles.